The Morgan fingerprint density at radius 3 is 2.03 bits per heavy atom. The smallest absolute Gasteiger partial charge is 0.342 e. The quantitative estimate of drug-likeness (QED) is 0.333. The number of esters is 1. The molecule has 5 nitrogen and oxygen atoms in total. The van der Waals surface area contributed by atoms with E-state index in [-0.39, 0.29) is 0 Å². The SMILES string of the molecule is CCOC(=O)C(C)(OCC)c1ccc(OCCc2ccc(OCc3ccccc3)cc2)cc1. The Bertz CT molecular complexity index is 983. The standard InChI is InChI=1S/C28H32O5/c1-4-30-27(29)28(3,33-5-2)24-13-17-25(18-14-24)31-20-19-22-11-15-26(16-12-22)32-21-23-9-7-6-8-10-23/h6-18H,4-5,19-21H2,1-3H3. The molecule has 0 saturated carbocycles. The lowest BCUT2D eigenvalue weighted by Crippen LogP contribution is -2.37. The zero-order valence-electron chi connectivity index (χ0n) is 19.6. The number of ether oxygens (including phenoxy) is 4. The molecule has 0 amide bonds. The fourth-order valence-electron chi connectivity index (χ4n) is 3.47. The van der Waals surface area contributed by atoms with E-state index in [1.165, 1.54) is 5.56 Å². The van der Waals surface area contributed by atoms with E-state index in [1.54, 1.807) is 13.8 Å². The van der Waals surface area contributed by atoms with Gasteiger partial charge in [0.15, 0.2) is 5.60 Å². The van der Waals surface area contributed by atoms with E-state index in [2.05, 4.69) is 12.1 Å². The van der Waals surface area contributed by atoms with Crippen LogP contribution in [0.25, 0.3) is 0 Å². The van der Waals surface area contributed by atoms with Gasteiger partial charge in [0.2, 0.25) is 0 Å². The summed E-state index contributed by atoms with van der Waals surface area (Å²) in [7, 11) is 0. The van der Waals surface area contributed by atoms with Crippen molar-refractivity contribution >= 4 is 5.97 Å². The first-order valence-corrected chi connectivity index (χ1v) is 11.4. The molecule has 0 fully saturated rings. The maximum absolute atomic E-state index is 12.4. The molecule has 1 unspecified atom stereocenters. The number of hydrogen-bond donors (Lipinski definition) is 0. The molecule has 3 aromatic rings. The highest BCUT2D eigenvalue weighted by Gasteiger charge is 2.37. The normalized spacial score (nSPS) is 12.6. The molecule has 33 heavy (non-hydrogen) atoms. The minimum Gasteiger partial charge on any atom is -0.493 e. The monoisotopic (exact) mass is 448 g/mol. The van der Waals surface area contributed by atoms with Gasteiger partial charge in [0.1, 0.15) is 18.1 Å². The third-order valence-corrected chi connectivity index (χ3v) is 5.33. The fourth-order valence-corrected chi connectivity index (χ4v) is 3.47. The zero-order chi connectivity index (χ0) is 23.5. The molecule has 3 rings (SSSR count). The van der Waals surface area contributed by atoms with Gasteiger partial charge in [-0.2, -0.15) is 0 Å². The molecule has 0 bridgehead atoms. The van der Waals surface area contributed by atoms with Crippen molar-refractivity contribution in [3.63, 3.8) is 0 Å². The van der Waals surface area contributed by atoms with Crippen molar-refractivity contribution in [3.8, 4) is 11.5 Å². The Balaban J connectivity index is 1.49. The molecule has 0 saturated heterocycles. The van der Waals surface area contributed by atoms with Crippen molar-refractivity contribution in [1.82, 2.24) is 0 Å². The molecular weight excluding hydrogens is 416 g/mol. The molecule has 0 aliphatic rings. The van der Waals surface area contributed by atoms with Gasteiger partial charge in [0.25, 0.3) is 0 Å². The maximum Gasteiger partial charge on any atom is 0.342 e. The van der Waals surface area contributed by atoms with E-state index in [9.17, 15) is 4.79 Å². The van der Waals surface area contributed by atoms with E-state index >= 15 is 0 Å². The van der Waals surface area contributed by atoms with Gasteiger partial charge in [-0.25, -0.2) is 4.79 Å². The fraction of sp³-hybridized carbons (Fsp3) is 0.321. The summed E-state index contributed by atoms with van der Waals surface area (Å²) in [5.41, 5.74) is 1.92. The molecule has 0 aromatic heterocycles. The predicted molar refractivity (Wildman–Crippen MR) is 128 cm³/mol. The van der Waals surface area contributed by atoms with Crippen LogP contribution in [-0.4, -0.2) is 25.8 Å². The van der Waals surface area contributed by atoms with Crippen molar-refractivity contribution in [2.45, 2.75) is 39.4 Å². The first-order chi connectivity index (χ1) is 16.0. The molecule has 174 valence electrons. The van der Waals surface area contributed by atoms with Crippen LogP contribution in [-0.2, 0) is 32.9 Å². The van der Waals surface area contributed by atoms with Crippen LogP contribution in [0.2, 0.25) is 0 Å². The Hall–Kier alpha value is -3.31. The van der Waals surface area contributed by atoms with Crippen molar-refractivity contribution < 1.29 is 23.7 Å². The lowest BCUT2D eigenvalue weighted by Gasteiger charge is -2.27. The lowest BCUT2D eigenvalue weighted by atomic mass is 9.95. The molecule has 0 aliphatic heterocycles. The van der Waals surface area contributed by atoms with Crippen LogP contribution in [0.1, 0.15) is 37.5 Å². The van der Waals surface area contributed by atoms with E-state index in [1.807, 2.05) is 73.7 Å². The van der Waals surface area contributed by atoms with Crippen molar-refractivity contribution in [3.05, 3.63) is 95.6 Å². The molecule has 3 aromatic carbocycles. The highest BCUT2D eigenvalue weighted by atomic mass is 16.6. The van der Waals surface area contributed by atoms with Crippen LogP contribution >= 0.6 is 0 Å². The maximum atomic E-state index is 12.4. The summed E-state index contributed by atoms with van der Waals surface area (Å²) in [4.78, 5) is 12.4. The van der Waals surface area contributed by atoms with Gasteiger partial charge in [-0.1, -0.05) is 54.6 Å². The largest absolute Gasteiger partial charge is 0.493 e. The topological polar surface area (TPSA) is 54.0 Å². The van der Waals surface area contributed by atoms with Gasteiger partial charge in [0, 0.05) is 13.0 Å². The van der Waals surface area contributed by atoms with E-state index < -0.39 is 11.6 Å². The van der Waals surface area contributed by atoms with Crippen LogP contribution < -0.4 is 9.47 Å². The number of carbonyl (C=O) groups excluding carboxylic acids is 1. The summed E-state index contributed by atoms with van der Waals surface area (Å²) < 4.78 is 22.7. The molecule has 5 heteroatoms. The number of benzene rings is 3. The first kappa shape index (κ1) is 24.3. The Morgan fingerprint density at radius 2 is 1.39 bits per heavy atom. The van der Waals surface area contributed by atoms with Crippen LogP contribution in [0.4, 0.5) is 0 Å². The highest BCUT2D eigenvalue weighted by molar-refractivity contribution is 5.81. The second-order valence-corrected chi connectivity index (χ2v) is 7.73. The average Bonchev–Trinajstić information content (AvgIpc) is 2.85. The second kappa shape index (κ2) is 12.1. The van der Waals surface area contributed by atoms with E-state index in [0.29, 0.717) is 26.4 Å². The minimum atomic E-state index is -1.13. The van der Waals surface area contributed by atoms with Crippen LogP contribution in [0.5, 0.6) is 11.5 Å². The number of hydrogen-bond acceptors (Lipinski definition) is 5. The first-order valence-electron chi connectivity index (χ1n) is 11.4. The summed E-state index contributed by atoms with van der Waals surface area (Å²) in [5.74, 6) is 1.19. The minimum absolute atomic E-state index is 0.308. The summed E-state index contributed by atoms with van der Waals surface area (Å²) in [5, 5.41) is 0. The third-order valence-electron chi connectivity index (χ3n) is 5.33. The van der Waals surface area contributed by atoms with Crippen LogP contribution in [0.15, 0.2) is 78.9 Å². The molecular formula is C28H32O5. The van der Waals surface area contributed by atoms with Gasteiger partial charge in [0.05, 0.1) is 13.2 Å². The van der Waals surface area contributed by atoms with E-state index in [4.69, 9.17) is 18.9 Å². The third kappa shape index (κ3) is 6.83. The predicted octanol–water partition coefficient (Wildman–Crippen LogP) is 5.70. The van der Waals surface area contributed by atoms with Gasteiger partial charge in [-0.05, 0) is 61.7 Å². The van der Waals surface area contributed by atoms with Crippen LogP contribution in [0, 0.1) is 0 Å². The van der Waals surface area contributed by atoms with Crippen LogP contribution in [0.3, 0.4) is 0 Å². The Morgan fingerprint density at radius 1 is 0.758 bits per heavy atom. The van der Waals surface area contributed by atoms with Gasteiger partial charge >= 0.3 is 5.97 Å². The van der Waals surface area contributed by atoms with Gasteiger partial charge < -0.3 is 18.9 Å². The summed E-state index contributed by atoms with van der Waals surface area (Å²) in [6.45, 7) is 7.19. The Kier molecular flexibility index (Phi) is 8.90. The summed E-state index contributed by atoms with van der Waals surface area (Å²) >= 11 is 0. The van der Waals surface area contributed by atoms with Crippen molar-refractivity contribution in [2.75, 3.05) is 19.8 Å². The van der Waals surface area contributed by atoms with Crippen molar-refractivity contribution in [2.24, 2.45) is 0 Å². The lowest BCUT2D eigenvalue weighted by molar-refractivity contribution is -0.171. The molecule has 0 aliphatic carbocycles. The Labute approximate surface area is 196 Å². The number of rotatable bonds is 12. The second-order valence-electron chi connectivity index (χ2n) is 7.73. The number of carbonyl (C=O) groups is 1. The molecule has 0 N–H and O–H groups in total. The zero-order valence-corrected chi connectivity index (χ0v) is 19.6. The van der Waals surface area contributed by atoms with E-state index in [0.717, 1.165) is 29.0 Å². The van der Waals surface area contributed by atoms with Gasteiger partial charge in [-0.3, -0.25) is 0 Å². The average molecular weight is 449 g/mol. The molecule has 0 heterocycles. The van der Waals surface area contributed by atoms with Gasteiger partial charge in [-0.15, -0.1) is 0 Å². The molecule has 0 spiro atoms. The highest BCUT2D eigenvalue weighted by Crippen LogP contribution is 2.29. The molecule has 1 atom stereocenters. The van der Waals surface area contributed by atoms with Crippen molar-refractivity contribution in [1.29, 1.82) is 0 Å². The summed E-state index contributed by atoms with van der Waals surface area (Å²) in [6.07, 6.45) is 0.778. The summed E-state index contributed by atoms with van der Waals surface area (Å²) in [6, 6.07) is 25.6. The molecule has 0 radical (unpaired) electrons.